The number of piperazine rings is 1. The van der Waals surface area contributed by atoms with E-state index in [-0.39, 0.29) is 0 Å². The summed E-state index contributed by atoms with van der Waals surface area (Å²) in [4.78, 5) is 13.9. The lowest BCUT2D eigenvalue weighted by Crippen LogP contribution is -2.46. The number of aryl methyl sites for hydroxylation is 1. The molecule has 0 radical (unpaired) electrons. The summed E-state index contributed by atoms with van der Waals surface area (Å²) in [5, 5.41) is 3.22. The van der Waals surface area contributed by atoms with Gasteiger partial charge in [-0.1, -0.05) is 42.5 Å². The molecule has 0 saturated carbocycles. The second kappa shape index (κ2) is 10.0. The molecule has 0 atom stereocenters. The van der Waals surface area contributed by atoms with Gasteiger partial charge in [-0.15, -0.1) is 0 Å². The third kappa shape index (κ3) is 6.05. The average molecular weight is 367 g/mol. The zero-order valence-corrected chi connectivity index (χ0v) is 16.3. The van der Waals surface area contributed by atoms with Crippen molar-refractivity contribution in [1.29, 1.82) is 0 Å². The molecule has 2 heterocycles. The predicted octanol–water partition coefficient (Wildman–Crippen LogP) is 2.68. The fourth-order valence-corrected chi connectivity index (χ4v) is 3.12. The molecular weight excluding hydrogens is 338 g/mol. The zero-order chi connectivity index (χ0) is 18.9. The number of ether oxygens (including phenoxy) is 1. The fourth-order valence-electron chi connectivity index (χ4n) is 3.12. The quantitative estimate of drug-likeness (QED) is 0.724. The van der Waals surface area contributed by atoms with Gasteiger partial charge in [0.1, 0.15) is 5.82 Å². The number of nitrogens with zero attached hydrogens (tertiary/aromatic N) is 4. The summed E-state index contributed by atoms with van der Waals surface area (Å²) < 4.78 is 5.07. The van der Waals surface area contributed by atoms with E-state index in [4.69, 9.17) is 4.74 Å². The summed E-state index contributed by atoms with van der Waals surface area (Å²) in [7, 11) is 1.69. The van der Waals surface area contributed by atoms with E-state index in [9.17, 15) is 0 Å². The van der Waals surface area contributed by atoms with Crippen molar-refractivity contribution in [2.75, 3.05) is 63.2 Å². The maximum atomic E-state index is 5.07. The lowest BCUT2D eigenvalue weighted by Gasteiger charge is -2.35. The largest absolute Gasteiger partial charge is 0.383 e. The van der Waals surface area contributed by atoms with Crippen molar-refractivity contribution in [2.24, 2.45) is 0 Å². The first-order valence-electron chi connectivity index (χ1n) is 9.52. The third-order valence-electron chi connectivity index (χ3n) is 4.60. The fraction of sp³-hybridized carbons (Fsp3) is 0.429. The molecule has 0 amide bonds. The Hall–Kier alpha value is -2.44. The topological polar surface area (TPSA) is 53.5 Å². The van der Waals surface area contributed by atoms with Gasteiger partial charge in [-0.2, -0.15) is 4.98 Å². The van der Waals surface area contributed by atoms with Gasteiger partial charge < -0.3 is 15.0 Å². The molecule has 144 valence electrons. The number of nitrogens with one attached hydrogen (secondary N) is 1. The summed E-state index contributed by atoms with van der Waals surface area (Å²) in [5.41, 5.74) is 2.23. The highest BCUT2D eigenvalue weighted by atomic mass is 16.5. The Bertz CT molecular complexity index is 727. The molecule has 1 aliphatic heterocycles. The molecule has 1 aliphatic rings. The SMILES string of the molecule is COCCNc1nc(C)cc(N2CCN(C/C=C/c3ccccc3)CC2)n1. The van der Waals surface area contributed by atoms with Crippen LogP contribution in [0.15, 0.2) is 42.5 Å². The molecule has 1 saturated heterocycles. The smallest absolute Gasteiger partial charge is 0.224 e. The van der Waals surface area contributed by atoms with Crippen LogP contribution in [0.2, 0.25) is 0 Å². The van der Waals surface area contributed by atoms with Crippen LogP contribution in [-0.2, 0) is 4.74 Å². The Kier molecular flexibility index (Phi) is 7.19. The minimum absolute atomic E-state index is 0.641. The number of rotatable bonds is 8. The molecular formula is C21H29N5O. The van der Waals surface area contributed by atoms with Gasteiger partial charge in [0.25, 0.3) is 0 Å². The normalized spacial score (nSPS) is 15.4. The molecule has 6 heteroatoms. The Labute approximate surface area is 161 Å². The number of methoxy groups -OCH3 is 1. The summed E-state index contributed by atoms with van der Waals surface area (Å²) in [6, 6.07) is 12.5. The summed E-state index contributed by atoms with van der Waals surface area (Å²) in [6.45, 7) is 8.37. The van der Waals surface area contributed by atoms with Crippen LogP contribution < -0.4 is 10.2 Å². The van der Waals surface area contributed by atoms with E-state index in [1.54, 1.807) is 7.11 Å². The third-order valence-corrected chi connectivity index (χ3v) is 4.60. The van der Waals surface area contributed by atoms with E-state index in [0.29, 0.717) is 19.1 Å². The van der Waals surface area contributed by atoms with Crippen LogP contribution in [0.4, 0.5) is 11.8 Å². The standard InChI is InChI=1S/C21H29N5O/c1-18-17-20(24-21(23-18)22-10-16-27-2)26-14-12-25(13-15-26)11-6-9-19-7-4-3-5-8-19/h3-9,17H,10-16H2,1-2H3,(H,22,23,24)/b9-6+. The van der Waals surface area contributed by atoms with E-state index in [2.05, 4.69) is 67.6 Å². The van der Waals surface area contributed by atoms with Crippen LogP contribution in [0.1, 0.15) is 11.3 Å². The molecule has 27 heavy (non-hydrogen) atoms. The van der Waals surface area contributed by atoms with E-state index in [0.717, 1.165) is 44.2 Å². The van der Waals surface area contributed by atoms with Crippen molar-refractivity contribution in [3.8, 4) is 0 Å². The second-order valence-corrected chi connectivity index (χ2v) is 6.71. The monoisotopic (exact) mass is 367 g/mol. The molecule has 1 aromatic carbocycles. The summed E-state index contributed by atoms with van der Waals surface area (Å²) >= 11 is 0. The number of aromatic nitrogens is 2. The molecule has 0 aliphatic carbocycles. The maximum absolute atomic E-state index is 5.07. The zero-order valence-electron chi connectivity index (χ0n) is 16.3. The first-order valence-corrected chi connectivity index (χ1v) is 9.52. The van der Waals surface area contributed by atoms with Gasteiger partial charge in [0, 0.05) is 58.1 Å². The number of anilines is 2. The summed E-state index contributed by atoms with van der Waals surface area (Å²) in [5.74, 6) is 1.68. The average Bonchev–Trinajstić information content (AvgIpc) is 2.69. The molecule has 1 fully saturated rings. The molecule has 6 nitrogen and oxygen atoms in total. The highest BCUT2D eigenvalue weighted by Crippen LogP contribution is 2.17. The van der Waals surface area contributed by atoms with Crippen molar-refractivity contribution in [3.63, 3.8) is 0 Å². The van der Waals surface area contributed by atoms with Crippen LogP contribution in [0, 0.1) is 6.92 Å². The molecule has 1 aromatic heterocycles. The molecule has 3 rings (SSSR count). The van der Waals surface area contributed by atoms with E-state index < -0.39 is 0 Å². The number of hydrogen-bond acceptors (Lipinski definition) is 6. The van der Waals surface area contributed by atoms with E-state index >= 15 is 0 Å². The second-order valence-electron chi connectivity index (χ2n) is 6.71. The van der Waals surface area contributed by atoms with Crippen molar-refractivity contribution in [3.05, 3.63) is 53.7 Å². The molecule has 0 unspecified atom stereocenters. The van der Waals surface area contributed by atoms with Gasteiger partial charge >= 0.3 is 0 Å². The lowest BCUT2D eigenvalue weighted by atomic mass is 10.2. The minimum Gasteiger partial charge on any atom is -0.383 e. The number of benzene rings is 1. The van der Waals surface area contributed by atoms with Crippen molar-refractivity contribution in [1.82, 2.24) is 14.9 Å². The van der Waals surface area contributed by atoms with E-state index in [1.165, 1.54) is 5.56 Å². The highest BCUT2D eigenvalue weighted by Gasteiger charge is 2.18. The highest BCUT2D eigenvalue weighted by molar-refractivity contribution is 5.49. The Morgan fingerprint density at radius 2 is 1.89 bits per heavy atom. The van der Waals surface area contributed by atoms with Crippen LogP contribution in [0.3, 0.4) is 0 Å². The van der Waals surface area contributed by atoms with Crippen LogP contribution in [0.5, 0.6) is 0 Å². The molecule has 1 N–H and O–H groups in total. The van der Waals surface area contributed by atoms with Crippen molar-refractivity contribution >= 4 is 17.8 Å². The van der Waals surface area contributed by atoms with E-state index in [1.807, 2.05) is 13.0 Å². The van der Waals surface area contributed by atoms with Crippen molar-refractivity contribution < 1.29 is 4.74 Å². The Morgan fingerprint density at radius 1 is 1.11 bits per heavy atom. The van der Waals surface area contributed by atoms with Crippen molar-refractivity contribution in [2.45, 2.75) is 6.92 Å². The van der Waals surface area contributed by atoms with Gasteiger partial charge in [-0.25, -0.2) is 4.98 Å². The van der Waals surface area contributed by atoms with Gasteiger partial charge in [0.15, 0.2) is 0 Å². The maximum Gasteiger partial charge on any atom is 0.224 e. The Balaban J connectivity index is 1.50. The Morgan fingerprint density at radius 3 is 2.63 bits per heavy atom. The first kappa shape index (κ1) is 19.3. The van der Waals surface area contributed by atoms with Crippen LogP contribution in [-0.4, -0.2) is 67.9 Å². The molecule has 0 spiro atoms. The van der Waals surface area contributed by atoms with Gasteiger partial charge in [-0.3, -0.25) is 4.90 Å². The lowest BCUT2D eigenvalue weighted by molar-refractivity contribution is 0.210. The van der Waals surface area contributed by atoms with Gasteiger partial charge in [0.05, 0.1) is 6.61 Å². The minimum atomic E-state index is 0.641. The van der Waals surface area contributed by atoms with Crippen LogP contribution in [0.25, 0.3) is 6.08 Å². The van der Waals surface area contributed by atoms with Crippen LogP contribution >= 0.6 is 0 Å². The molecule has 2 aromatic rings. The van der Waals surface area contributed by atoms with Gasteiger partial charge in [0.2, 0.25) is 5.95 Å². The predicted molar refractivity (Wildman–Crippen MR) is 111 cm³/mol. The first-order chi connectivity index (χ1) is 13.2. The van der Waals surface area contributed by atoms with Gasteiger partial charge in [-0.05, 0) is 12.5 Å². The molecule has 0 bridgehead atoms. The summed E-state index contributed by atoms with van der Waals surface area (Å²) in [6.07, 6.45) is 4.44. The number of hydrogen-bond donors (Lipinski definition) is 1.